The fourth-order valence-corrected chi connectivity index (χ4v) is 5.11. The summed E-state index contributed by atoms with van der Waals surface area (Å²) in [5.41, 5.74) is 0.683. The van der Waals surface area contributed by atoms with Crippen LogP contribution in [0.2, 0.25) is 10.0 Å². The third kappa shape index (κ3) is 5.67. The number of benzene rings is 3. The van der Waals surface area contributed by atoms with Gasteiger partial charge in [-0.1, -0.05) is 23.2 Å². The second-order valence-electron chi connectivity index (χ2n) is 7.86. The van der Waals surface area contributed by atoms with Crippen LogP contribution in [0.1, 0.15) is 23.2 Å². The lowest BCUT2D eigenvalue weighted by atomic mass is 10.1. The monoisotopic (exact) mass is 534 g/mol. The Kier molecular flexibility index (Phi) is 7.15. The molecule has 1 saturated heterocycles. The molecule has 3 aromatic carbocycles. The third-order valence-corrected chi connectivity index (χ3v) is 7.43. The van der Waals surface area contributed by atoms with Crippen LogP contribution in [-0.2, 0) is 10.0 Å². The van der Waals surface area contributed by atoms with Crippen LogP contribution in [0.15, 0.2) is 65.6 Å². The number of nitro groups is 1. The number of anilines is 3. The van der Waals surface area contributed by atoms with Crippen LogP contribution in [0.5, 0.6) is 0 Å². The van der Waals surface area contributed by atoms with Gasteiger partial charge in [0.1, 0.15) is 5.69 Å². The van der Waals surface area contributed by atoms with Crippen molar-refractivity contribution in [3.63, 3.8) is 0 Å². The molecule has 1 heterocycles. The largest absolute Gasteiger partial charge is 0.366 e. The lowest BCUT2D eigenvalue weighted by Gasteiger charge is -2.18. The molecule has 35 heavy (non-hydrogen) atoms. The van der Waals surface area contributed by atoms with E-state index in [0.29, 0.717) is 29.5 Å². The smallest absolute Gasteiger partial charge is 0.293 e. The van der Waals surface area contributed by atoms with Crippen molar-refractivity contribution in [1.29, 1.82) is 0 Å². The molecule has 0 aliphatic carbocycles. The molecule has 0 bridgehead atoms. The van der Waals surface area contributed by atoms with Crippen molar-refractivity contribution in [3.05, 3.63) is 86.4 Å². The predicted octanol–water partition coefficient (Wildman–Crippen LogP) is 5.55. The summed E-state index contributed by atoms with van der Waals surface area (Å²) in [5.74, 6) is -0.664. The highest BCUT2D eigenvalue weighted by Gasteiger charge is 2.24. The highest BCUT2D eigenvalue weighted by atomic mass is 35.5. The summed E-state index contributed by atoms with van der Waals surface area (Å²) in [4.78, 5) is 25.8. The second kappa shape index (κ2) is 10.1. The van der Waals surface area contributed by atoms with Gasteiger partial charge in [0, 0.05) is 35.4 Å². The molecule has 0 spiro atoms. The van der Waals surface area contributed by atoms with Crippen molar-refractivity contribution in [1.82, 2.24) is 0 Å². The normalized spacial score (nSPS) is 13.5. The second-order valence-corrected chi connectivity index (χ2v) is 10.4. The molecule has 0 unspecified atom stereocenters. The van der Waals surface area contributed by atoms with Crippen molar-refractivity contribution in [2.45, 2.75) is 17.7 Å². The van der Waals surface area contributed by atoms with Crippen LogP contribution < -0.4 is 14.9 Å². The topological polar surface area (TPSA) is 122 Å². The van der Waals surface area contributed by atoms with Crippen LogP contribution in [0.4, 0.5) is 22.7 Å². The lowest BCUT2D eigenvalue weighted by molar-refractivity contribution is -0.384. The Labute approximate surface area is 211 Å². The number of sulfonamides is 1. The maximum absolute atomic E-state index is 12.9. The van der Waals surface area contributed by atoms with Crippen molar-refractivity contribution in [2.24, 2.45) is 0 Å². The molecule has 0 aromatic heterocycles. The Morgan fingerprint density at radius 3 is 2.31 bits per heavy atom. The molecule has 182 valence electrons. The first kappa shape index (κ1) is 24.8. The summed E-state index contributed by atoms with van der Waals surface area (Å²) >= 11 is 12.0. The number of carbonyl (C=O) groups is 1. The van der Waals surface area contributed by atoms with Gasteiger partial charge in [-0.3, -0.25) is 19.6 Å². The fourth-order valence-electron chi connectivity index (χ4n) is 3.73. The maximum Gasteiger partial charge on any atom is 0.293 e. The molecular formula is C23H20Cl2N4O5S. The first-order valence-electron chi connectivity index (χ1n) is 10.6. The third-order valence-electron chi connectivity index (χ3n) is 5.47. The number of hydrogen-bond acceptors (Lipinski definition) is 6. The van der Waals surface area contributed by atoms with Crippen LogP contribution >= 0.6 is 23.2 Å². The summed E-state index contributed by atoms with van der Waals surface area (Å²) in [5, 5.41) is 14.7. The summed E-state index contributed by atoms with van der Waals surface area (Å²) < 4.78 is 28.0. The maximum atomic E-state index is 12.9. The Morgan fingerprint density at radius 1 is 0.971 bits per heavy atom. The van der Waals surface area contributed by atoms with Gasteiger partial charge in [0.25, 0.3) is 21.6 Å². The Balaban J connectivity index is 1.58. The Morgan fingerprint density at radius 2 is 1.66 bits per heavy atom. The van der Waals surface area contributed by atoms with Crippen LogP contribution in [0.3, 0.4) is 0 Å². The molecule has 12 heteroatoms. The van der Waals surface area contributed by atoms with E-state index in [-0.39, 0.29) is 26.9 Å². The minimum atomic E-state index is -4.00. The Hall–Kier alpha value is -3.34. The average molecular weight is 535 g/mol. The van der Waals surface area contributed by atoms with Gasteiger partial charge in [-0.15, -0.1) is 0 Å². The standard InChI is InChI=1S/C23H20Cl2N4O5S/c24-16-4-6-17(7-5-16)27-35(33,34)18-8-9-19(25)20(14-18)26-23(30)15-3-10-21(22(13-15)29(31)32)28-11-1-2-12-28/h3-10,13-14,27H,1-2,11-12H2,(H,26,30). The average Bonchev–Trinajstić information content (AvgIpc) is 3.36. The van der Waals surface area contributed by atoms with E-state index >= 15 is 0 Å². The van der Waals surface area contributed by atoms with Crippen LogP contribution in [-0.4, -0.2) is 32.3 Å². The summed E-state index contributed by atoms with van der Waals surface area (Å²) in [6.45, 7) is 1.43. The molecule has 1 aliphatic rings. The number of carbonyl (C=O) groups excluding carboxylic acids is 1. The van der Waals surface area contributed by atoms with E-state index in [2.05, 4.69) is 10.0 Å². The summed E-state index contributed by atoms with van der Waals surface area (Å²) in [6, 6.07) is 14.2. The highest BCUT2D eigenvalue weighted by molar-refractivity contribution is 7.92. The van der Waals surface area contributed by atoms with Gasteiger partial charge in [0.05, 0.1) is 20.5 Å². The van der Waals surface area contributed by atoms with E-state index < -0.39 is 20.9 Å². The number of rotatable bonds is 7. The summed E-state index contributed by atoms with van der Waals surface area (Å²) in [7, 11) is -4.00. The van der Waals surface area contributed by atoms with Gasteiger partial charge < -0.3 is 10.2 Å². The number of halogens is 2. The number of nitro benzene ring substituents is 1. The zero-order valence-electron chi connectivity index (χ0n) is 18.2. The van der Waals surface area contributed by atoms with Gasteiger partial charge in [0.2, 0.25) is 0 Å². The molecule has 0 radical (unpaired) electrons. The van der Waals surface area contributed by atoms with Crippen LogP contribution in [0, 0.1) is 10.1 Å². The molecule has 1 amide bonds. The summed E-state index contributed by atoms with van der Waals surface area (Å²) in [6.07, 6.45) is 1.90. The SMILES string of the molecule is O=C(Nc1cc(S(=O)(=O)Nc2ccc(Cl)cc2)ccc1Cl)c1ccc(N2CCCC2)c([N+](=O)[O-])c1. The molecule has 2 N–H and O–H groups in total. The highest BCUT2D eigenvalue weighted by Crippen LogP contribution is 2.33. The van der Waals surface area contributed by atoms with E-state index in [9.17, 15) is 23.3 Å². The zero-order valence-corrected chi connectivity index (χ0v) is 20.5. The number of nitrogens with one attached hydrogen (secondary N) is 2. The lowest BCUT2D eigenvalue weighted by Crippen LogP contribution is -2.20. The van der Waals surface area contributed by atoms with E-state index in [1.807, 2.05) is 4.90 Å². The molecule has 0 atom stereocenters. The molecule has 9 nitrogen and oxygen atoms in total. The van der Waals surface area contributed by atoms with Crippen molar-refractivity contribution < 1.29 is 18.1 Å². The minimum absolute atomic E-state index is 0.0434. The zero-order chi connectivity index (χ0) is 25.2. The van der Waals surface area contributed by atoms with Crippen LogP contribution in [0.25, 0.3) is 0 Å². The van der Waals surface area contributed by atoms with E-state index in [0.717, 1.165) is 12.8 Å². The van der Waals surface area contributed by atoms with Gasteiger partial charge in [-0.25, -0.2) is 8.42 Å². The molecule has 1 fully saturated rings. The first-order valence-corrected chi connectivity index (χ1v) is 12.8. The van der Waals surface area contributed by atoms with Gasteiger partial charge in [-0.2, -0.15) is 0 Å². The minimum Gasteiger partial charge on any atom is -0.366 e. The number of hydrogen-bond donors (Lipinski definition) is 2. The van der Waals surface area contributed by atoms with E-state index in [1.165, 1.54) is 42.5 Å². The molecule has 3 aromatic rings. The van der Waals surface area contributed by atoms with Crippen molar-refractivity contribution in [3.8, 4) is 0 Å². The van der Waals surface area contributed by atoms with Crippen molar-refractivity contribution >= 4 is 61.9 Å². The Bertz CT molecular complexity index is 1390. The fraction of sp³-hybridized carbons (Fsp3) is 0.174. The van der Waals surface area contributed by atoms with Gasteiger partial charge in [-0.05, 0) is 67.4 Å². The van der Waals surface area contributed by atoms with E-state index in [1.54, 1.807) is 18.2 Å². The molecule has 0 saturated carbocycles. The number of amides is 1. The number of nitrogens with zero attached hydrogens (tertiary/aromatic N) is 2. The van der Waals surface area contributed by atoms with E-state index in [4.69, 9.17) is 23.2 Å². The van der Waals surface area contributed by atoms with Crippen molar-refractivity contribution in [2.75, 3.05) is 28.0 Å². The quantitative estimate of drug-likeness (QED) is 0.302. The first-order chi connectivity index (χ1) is 16.6. The van der Waals surface area contributed by atoms with Gasteiger partial charge in [0.15, 0.2) is 0 Å². The molecule has 1 aliphatic heterocycles. The molecule has 4 rings (SSSR count). The molecular weight excluding hydrogens is 515 g/mol. The predicted molar refractivity (Wildman–Crippen MR) is 136 cm³/mol. The van der Waals surface area contributed by atoms with Gasteiger partial charge >= 0.3 is 0 Å².